The molecule has 1 heterocycles. The van der Waals surface area contributed by atoms with Crippen LogP contribution in [0.5, 0.6) is 11.5 Å². The largest absolute Gasteiger partial charge is 0.490 e. The van der Waals surface area contributed by atoms with Crippen LogP contribution in [0.1, 0.15) is 23.2 Å². The molecule has 180 valence electrons. The Hall–Kier alpha value is -4.33. The molecule has 3 aromatic carbocycles. The minimum absolute atomic E-state index is 0.0647. The summed E-state index contributed by atoms with van der Waals surface area (Å²) in [6.07, 6.45) is 1.34. The molecule has 35 heavy (non-hydrogen) atoms. The van der Waals surface area contributed by atoms with Crippen LogP contribution < -0.4 is 19.7 Å². The van der Waals surface area contributed by atoms with Gasteiger partial charge in [0.15, 0.2) is 6.61 Å². The topological polar surface area (TPSA) is 94.2 Å². The fourth-order valence-corrected chi connectivity index (χ4v) is 3.67. The normalized spacial score (nSPS) is 12.8. The van der Waals surface area contributed by atoms with Gasteiger partial charge in [-0.25, -0.2) is 4.79 Å². The summed E-state index contributed by atoms with van der Waals surface area (Å²) in [5.74, 6) is -0.0195. The number of benzene rings is 3. The van der Waals surface area contributed by atoms with Crippen LogP contribution in [0.3, 0.4) is 0 Å². The quantitative estimate of drug-likeness (QED) is 0.352. The van der Waals surface area contributed by atoms with Gasteiger partial charge in [-0.15, -0.1) is 0 Å². The van der Waals surface area contributed by atoms with Gasteiger partial charge >= 0.3 is 5.97 Å². The molecule has 4 rings (SSSR count). The van der Waals surface area contributed by atoms with Gasteiger partial charge in [0, 0.05) is 24.3 Å². The number of anilines is 2. The van der Waals surface area contributed by atoms with Crippen LogP contribution in [0.15, 0.2) is 78.9 Å². The van der Waals surface area contributed by atoms with Crippen molar-refractivity contribution in [3.05, 3.63) is 84.4 Å². The maximum Gasteiger partial charge on any atom is 0.342 e. The number of hydrogen-bond acceptors (Lipinski definition) is 6. The van der Waals surface area contributed by atoms with E-state index in [-0.39, 0.29) is 18.1 Å². The molecule has 8 heteroatoms. The third kappa shape index (κ3) is 6.60. The number of esters is 1. The average Bonchev–Trinajstić information content (AvgIpc) is 3.32. The standard InChI is InChI=1S/C27H26N2O6/c30-25(28-20-8-6-9-21(18-20)29-15-7-14-26(29)31)19-35-27(32)23-12-4-5-13-24(23)34-17-16-33-22-10-2-1-3-11-22/h1-6,8-13,18H,7,14-17,19H2,(H,28,30). The summed E-state index contributed by atoms with van der Waals surface area (Å²) >= 11 is 0. The highest BCUT2D eigenvalue weighted by Gasteiger charge is 2.22. The zero-order chi connectivity index (χ0) is 24.5. The zero-order valence-corrected chi connectivity index (χ0v) is 19.1. The van der Waals surface area contributed by atoms with Crippen molar-refractivity contribution in [3.63, 3.8) is 0 Å². The minimum atomic E-state index is -0.670. The lowest BCUT2D eigenvalue weighted by Crippen LogP contribution is -2.24. The number of carbonyl (C=O) groups is 3. The summed E-state index contributed by atoms with van der Waals surface area (Å²) in [6.45, 7) is 0.734. The average molecular weight is 475 g/mol. The zero-order valence-electron chi connectivity index (χ0n) is 19.1. The monoisotopic (exact) mass is 474 g/mol. The summed E-state index contributed by atoms with van der Waals surface area (Å²) in [4.78, 5) is 38.6. The molecule has 0 aromatic heterocycles. The van der Waals surface area contributed by atoms with Crippen molar-refractivity contribution in [1.82, 2.24) is 0 Å². The highest BCUT2D eigenvalue weighted by Crippen LogP contribution is 2.24. The number of nitrogens with zero attached hydrogens (tertiary/aromatic N) is 1. The molecular weight excluding hydrogens is 448 g/mol. The summed E-state index contributed by atoms with van der Waals surface area (Å²) in [7, 11) is 0. The highest BCUT2D eigenvalue weighted by molar-refractivity contribution is 5.98. The van der Waals surface area contributed by atoms with Crippen molar-refractivity contribution in [2.24, 2.45) is 0 Å². The van der Waals surface area contributed by atoms with Crippen LogP contribution in [0.25, 0.3) is 0 Å². The van der Waals surface area contributed by atoms with Crippen molar-refractivity contribution < 1.29 is 28.6 Å². The van der Waals surface area contributed by atoms with Gasteiger partial charge in [-0.1, -0.05) is 36.4 Å². The van der Waals surface area contributed by atoms with Crippen molar-refractivity contribution in [1.29, 1.82) is 0 Å². The SMILES string of the molecule is O=C(COC(=O)c1ccccc1OCCOc1ccccc1)Nc1cccc(N2CCCC2=O)c1. The van der Waals surface area contributed by atoms with E-state index in [4.69, 9.17) is 14.2 Å². The van der Waals surface area contributed by atoms with E-state index < -0.39 is 18.5 Å². The van der Waals surface area contributed by atoms with Gasteiger partial charge in [-0.2, -0.15) is 0 Å². The Balaban J connectivity index is 1.27. The molecule has 0 radical (unpaired) electrons. The van der Waals surface area contributed by atoms with Gasteiger partial charge in [-0.05, 0) is 48.9 Å². The third-order valence-electron chi connectivity index (χ3n) is 5.31. The Labute approximate surface area is 203 Å². The molecule has 1 aliphatic rings. The Morgan fingerprint density at radius 1 is 0.886 bits per heavy atom. The molecule has 1 N–H and O–H groups in total. The molecule has 0 saturated carbocycles. The molecule has 8 nitrogen and oxygen atoms in total. The Bertz CT molecular complexity index is 1180. The number of nitrogens with one attached hydrogen (secondary N) is 1. The van der Waals surface area contributed by atoms with Crippen molar-refractivity contribution in [2.45, 2.75) is 12.8 Å². The lowest BCUT2D eigenvalue weighted by molar-refractivity contribution is -0.119. The van der Waals surface area contributed by atoms with E-state index in [2.05, 4.69) is 5.32 Å². The Kier molecular flexibility index (Phi) is 7.96. The summed E-state index contributed by atoms with van der Waals surface area (Å²) in [5, 5.41) is 2.70. The van der Waals surface area contributed by atoms with Gasteiger partial charge in [-0.3, -0.25) is 9.59 Å². The molecule has 0 atom stereocenters. The second kappa shape index (κ2) is 11.7. The summed E-state index contributed by atoms with van der Waals surface area (Å²) in [6, 6.07) is 23.0. The lowest BCUT2D eigenvalue weighted by Gasteiger charge is -2.16. The fraction of sp³-hybridized carbons (Fsp3) is 0.222. The molecule has 0 spiro atoms. The van der Waals surface area contributed by atoms with Crippen molar-refractivity contribution >= 4 is 29.2 Å². The van der Waals surface area contributed by atoms with E-state index in [1.807, 2.05) is 36.4 Å². The van der Waals surface area contributed by atoms with E-state index >= 15 is 0 Å². The first kappa shape index (κ1) is 23.8. The number of rotatable bonds is 10. The molecule has 0 aliphatic carbocycles. The number of para-hydroxylation sites is 2. The van der Waals surface area contributed by atoms with Crippen LogP contribution in [0, 0.1) is 0 Å². The number of carbonyl (C=O) groups excluding carboxylic acids is 3. The Morgan fingerprint density at radius 3 is 2.46 bits per heavy atom. The van der Waals surface area contributed by atoms with E-state index in [9.17, 15) is 14.4 Å². The van der Waals surface area contributed by atoms with Crippen LogP contribution in [-0.4, -0.2) is 44.1 Å². The second-order valence-corrected chi connectivity index (χ2v) is 7.83. The van der Waals surface area contributed by atoms with Gasteiger partial charge < -0.3 is 24.4 Å². The lowest BCUT2D eigenvalue weighted by atomic mass is 10.2. The van der Waals surface area contributed by atoms with Crippen LogP contribution >= 0.6 is 0 Å². The second-order valence-electron chi connectivity index (χ2n) is 7.83. The third-order valence-corrected chi connectivity index (χ3v) is 5.31. The number of hydrogen-bond donors (Lipinski definition) is 1. The van der Waals surface area contributed by atoms with Crippen molar-refractivity contribution in [2.75, 3.05) is 36.6 Å². The molecule has 0 unspecified atom stereocenters. The maximum absolute atomic E-state index is 12.6. The van der Waals surface area contributed by atoms with Gasteiger partial charge in [0.1, 0.15) is 30.3 Å². The molecule has 3 aromatic rings. The molecule has 1 saturated heterocycles. The smallest absolute Gasteiger partial charge is 0.342 e. The van der Waals surface area contributed by atoms with Crippen LogP contribution in [-0.2, 0) is 14.3 Å². The molecule has 1 fully saturated rings. The van der Waals surface area contributed by atoms with E-state index in [0.29, 0.717) is 31.0 Å². The first-order chi connectivity index (χ1) is 17.1. The first-order valence-corrected chi connectivity index (χ1v) is 11.4. The molecule has 2 amide bonds. The fourth-order valence-electron chi connectivity index (χ4n) is 3.67. The Morgan fingerprint density at radius 2 is 1.66 bits per heavy atom. The summed E-state index contributed by atoms with van der Waals surface area (Å²) in [5.41, 5.74) is 1.46. The minimum Gasteiger partial charge on any atom is -0.490 e. The van der Waals surface area contributed by atoms with E-state index in [1.54, 1.807) is 47.4 Å². The molecule has 1 aliphatic heterocycles. The van der Waals surface area contributed by atoms with Gasteiger partial charge in [0.25, 0.3) is 5.91 Å². The highest BCUT2D eigenvalue weighted by atomic mass is 16.5. The maximum atomic E-state index is 12.6. The predicted molar refractivity (Wildman–Crippen MR) is 131 cm³/mol. The van der Waals surface area contributed by atoms with Gasteiger partial charge in [0.05, 0.1) is 0 Å². The van der Waals surface area contributed by atoms with Crippen LogP contribution in [0.2, 0.25) is 0 Å². The number of ether oxygens (including phenoxy) is 3. The van der Waals surface area contributed by atoms with E-state index in [0.717, 1.165) is 17.9 Å². The van der Waals surface area contributed by atoms with Crippen LogP contribution in [0.4, 0.5) is 11.4 Å². The van der Waals surface area contributed by atoms with Crippen molar-refractivity contribution in [3.8, 4) is 11.5 Å². The predicted octanol–water partition coefficient (Wildman–Crippen LogP) is 4.07. The van der Waals surface area contributed by atoms with Gasteiger partial charge in [0.2, 0.25) is 5.91 Å². The first-order valence-electron chi connectivity index (χ1n) is 11.4. The number of amides is 2. The van der Waals surface area contributed by atoms with E-state index in [1.165, 1.54) is 0 Å². The molecular formula is C27H26N2O6. The summed E-state index contributed by atoms with van der Waals surface area (Å²) < 4.78 is 16.5. The molecule has 0 bridgehead atoms.